The molecule has 14 heavy (non-hydrogen) atoms. The summed E-state index contributed by atoms with van der Waals surface area (Å²) in [6, 6.07) is 7.29. The molecule has 0 atom stereocenters. The van der Waals surface area contributed by atoms with Crippen LogP contribution in [0.1, 0.15) is 5.56 Å². The SMILES string of the molecule is CN1C(=O)CNc2cc(C#N)ccc21. The highest BCUT2D eigenvalue weighted by Gasteiger charge is 2.19. The Morgan fingerprint density at radius 1 is 1.57 bits per heavy atom. The third-order valence-corrected chi connectivity index (χ3v) is 2.29. The normalized spacial score (nSPS) is 14.3. The second kappa shape index (κ2) is 3.04. The van der Waals surface area contributed by atoms with Gasteiger partial charge in [-0.05, 0) is 18.2 Å². The summed E-state index contributed by atoms with van der Waals surface area (Å²) in [5.41, 5.74) is 2.25. The number of hydrogen-bond donors (Lipinski definition) is 1. The largest absolute Gasteiger partial charge is 0.374 e. The fraction of sp³-hybridized carbons (Fsp3) is 0.200. The number of carbonyl (C=O) groups is 1. The van der Waals surface area contributed by atoms with Crippen LogP contribution in [-0.4, -0.2) is 19.5 Å². The quantitative estimate of drug-likeness (QED) is 0.657. The first-order chi connectivity index (χ1) is 6.72. The number of nitriles is 1. The molecule has 1 aliphatic rings. The van der Waals surface area contributed by atoms with Gasteiger partial charge in [0.25, 0.3) is 0 Å². The van der Waals surface area contributed by atoms with Gasteiger partial charge < -0.3 is 10.2 Å². The number of likely N-dealkylation sites (N-methyl/N-ethyl adjacent to an activating group) is 1. The van der Waals surface area contributed by atoms with Crippen molar-refractivity contribution in [1.82, 2.24) is 0 Å². The van der Waals surface area contributed by atoms with Crippen molar-refractivity contribution in [2.24, 2.45) is 0 Å². The van der Waals surface area contributed by atoms with E-state index in [0.29, 0.717) is 12.1 Å². The number of anilines is 2. The summed E-state index contributed by atoms with van der Waals surface area (Å²) < 4.78 is 0. The molecule has 0 aliphatic carbocycles. The number of nitrogens with zero attached hydrogens (tertiary/aromatic N) is 2. The van der Waals surface area contributed by atoms with E-state index in [1.165, 1.54) is 0 Å². The van der Waals surface area contributed by atoms with Crippen LogP contribution < -0.4 is 10.2 Å². The summed E-state index contributed by atoms with van der Waals surface area (Å²) in [6.45, 7) is 0.290. The van der Waals surface area contributed by atoms with Crippen molar-refractivity contribution in [3.8, 4) is 6.07 Å². The third-order valence-electron chi connectivity index (χ3n) is 2.29. The van der Waals surface area contributed by atoms with Crippen LogP contribution >= 0.6 is 0 Å². The summed E-state index contributed by atoms with van der Waals surface area (Å²) in [7, 11) is 1.73. The van der Waals surface area contributed by atoms with Crippen LogP contribution in [0.15, 0.2) is 18.2 Å². The summed E-state index contributed by atoms with van der Waals surface area (Å²) in [5, 5.41) is 11.7. The average Bonchev–Trinajstić information content (AvgIpc) is 2.23. The molecule has 0 radical (unpaired) electrons. The first kappa shape index (κ1) is 8.57. The lowest BCUT2D eigenvalue weighted by molar-refractivity contribution is -0.116. The lowest BCUT2D eigenvalue weighted by Crippen LogP contribution is -2.36. The van der Waals surface area contributed by atoms with E-state index in [-0.39, 0.29) is 5.91 Å². The molecule has 0 saturated carbocycles. The molecule has 1 heterocycles. The molecule has 1 N–H and O–H groups in total. The van der Waals surface area contributed by atoms with E-state index in [0.717, 1.165) is 11.4 Å². The fourth-order valence-corrected chi connectivity index (χ4v) is 1.46. The van der Waals surface area contributed by atoms with Crippen molar-refractivity contribution in [3.63, 3.8) is 0 Å². The van der Waals surface area contributed by atoms with Crippen LogP contribution in [0.2, 0.25) is 0 Å². The third kappa shape index (κ3) is 1.19. The van der Waals surface area contributed by atoms with Crippen LogP contribution in [-0.2, 0) is 4.79 Å². The zero-order valence-corrected chi connectivity index (χ0v) is 7.74. The predicted octanol–water partition coefficient (Wildman–Crippen LogP) is 0.947. The standard InChI is InChI=1S/C10H9N3O/c1-13-9-3-2-7(5-11)4-8(9)12-6-10(13)14/h2-4,12H,6H2,1H3. The van der Waals surface area contributed by atoms with Crippen molar-refractivity contribution >= 4 is 17.3 Å². The highest BCUT2D eigenvalue weighted by Crippen LogP contribution is 2.28. The molecule has 0 bridgehead atoms. The number of hydrogen-bond acceptors (Lipinski definition) is 3. The first-order valence-electron chi connectivity index (χ1n) is 4.27. The van der Waals surface area contributed by atoms with Gasteiger partial charge in [-0.25, -0.2) is 0 Å². The van der Waals surface area contributed by atoms with E-state index in [1.807, 2.05) is 0 Å². The van der Waals surface area contributed by atoms with Crippen LogP contribution in [0.4, 0.5) is 11.4 Å². The summed E-state index contributed by atoms with van der Waals surface area (Å²) in [4.78, 5) is 12.9. The topological polar surface area (TPSA) is 56.1 Å². The Morgan fingerprint density at radius 3 is 3.07 bits per heavy atom. The molecule has 4 heteroatoms. The Balaban J connectivity index is 2.50. The van der Waals surface area contributed by atoms with Gasteiger partial charge in [0, 0.05) is 7.05 Å². The molecular formula is C10H9N3O. The highest BCUT2D eigenvalue weighted by atomic mass is 16.2. The number of fused-ring (bicyclic) bond motifs is 1. The number of amides is 1. The highest BCUT2D eigenvalue weighted by molar-refractivity contribution is 6.02. The smallest absolute Gasteiger partial charge is 0.246 e. The summed E-state index contributed by atoms with van der Waals surface area (Å²) in [5.74, 6) is 0.0298. The van der Waals surface area contributed by atoms with E-state index in [2.05, 4.69) is 11.4 Å². The minimum atomic E-state index is 0.0298. The molecule has 1 aliphatic heterocycles. The minimum Gasteiger partial charge on any atom is -0.374 e. The fourth-order valence-electron chi connectivity index (χ4n) is 1.46. The van der Waals surface area contributed by atoms with Gasteiger partial charge in [-0.15, -0.1) is 0 Å². The van der Waals surface area contributed by atoms with Gasteiger partial charge in [0.1, 0.15) is 0 Å². The lowest BCUT2D eigenvalue weighted by atomic mass is 10.1. The molecule has 0 fully saturated rings. The average molecular weight is 187 g/mol. The van der Waals surface area contributed by atoms with Gasteiger partial charge in [0.05, 0.1) is 29.6 Å². The van der Waals surface area contributed by atoms with Crippen LogP contribution in [0.5, 0.6) is 0 Å². The van der Waals surface area contributed by atoms with Gasteiger partial charge in [0.15, 0.2) is 0 Å². The number of rotatable bonds is 0. The Kier molecular flexibility index (Phi) is 1.86. The molecule has 1 amide bonds. The Bertz CT molecular complexity index is 433. The van der Waals surface area contributed by atoms with Crippen LogP contribution in [0.25, 0.3) is 0 Å². The summed E-state index contributed by atoms with van der Waals surface area (Å²) >= 11 is 0. The van der Waals surface area contributed by atoms with E-state index in [9.17, 15) is 4.79 Å². The van der Waals surface area contributed by atoms with Crippen LogP contribution in [0, 0.1) is 11.3 Å². The van der Waals surface area contributed by atoms with E-state index in [4.69, 9.17) is 5.26 Å². The molecule has 0 spiro atoms. The second-order valence-corrected chi connectivity index (χ2v) is 3.15. The maximum atomic E-state index is 11.3. The Morgan fingerprint density at radius 2 is 2.36 bits per heavy atom. The zero-order chi connectivity index (χ0) is 10.1. The van der Waals surface area contributed by atoms with Gasteiger partial charge in [-0.3, -0.25) is 4.79 Å². The van der Waals surface area contributed by atoms with E-state index >= 15 is 0 Å². The van der Waals surface area contributed by atoms with Gasteiger partial charge in [-0.2, -0.15) is 5.26 Å². The van der Waals surface area contributed by atoms with E-state index in [1.54, 1.807) is 30.1 Å². The minimum absolute atomic E-state index is 0.0298. The van der Waals surface area contributed by atoms with Crippen LogP contribution in [0.3, 0.4) is 0 Å². The maximum absolute atomic E-state index is 11.3. The van der Waals surface area contributed by atoms with E-state index < -0.39 is 0 Å². The summed E-state index contributed by atoms with van der Waals surface area (Å²) in [6.07, 6.45) is 0. The zero-order valence-electron chi connectivity index (χ0n) is 7.74. The Hall–Kier alpha value is -2.02. The molecule has 0 aromatic heterocycles. The molecule has 1 aromatic carbocycles. The second-order valence-electron chi connectivity index (χ2n) is 3.15. The molecule has 0 saturated heterocycles. The first-order valence-corrected chi connectivity index (χ1v) is 4.27. The number of nitrogens with one attached hydrogen (secondary N) is 1. The maximum Gasteiger partial charge on any atom is 0.246 e. The molecule has 70 valence electrons. The van der Waals surface area contributed by atoms with Crippen molar-refractivity contribution in [2.45, 2.75) is 0 Å². The number of benzene rings is 1. The van der Waals surface area contributed by atoms with Gasteiger partial charge >= 0.3 is 0 Å². The molecule has 0 unspecified atom stereocenters. The van der Waals surface area contributed by atoms with Gasteiger partial charge in [-0.1, -0.05) is 0 Å². The van der Waals surface area contributed by atoms with Crippen molar-refractivity contribution in [3.05, 3.63) is 23.8 Å². The molecular weight excluding hydrogens is 178 g/mol. The molecule has 2 rings (SSSR count). The Labute approximate surface area is 81.7 Å². The number of carbonyl (C=O) groups excluding carboxylic acids is 1. The van der Waals surface area contributed by atoms with Gasteiger partial charge in [0.2, 0.25) is 5.91 Å². The molecule has 1 aromatic rings. The lowest BCUT2D eigenvalue weighted by Gasteiger charge is -2.26. The van der Waals surface area contributed by atoms with Crippen molar-refractivity contribution < 1.29 is 4.79 Å². The van der Waals surface area contributed by atoms with Crippen molar-refractivity contribution in [1.29, 1.82) is 5.26 Å². The molecule has 4 nitrogen and oxygen atoms in total. The predicted molar refractivity (Wildman–Crippen MR) is 53.1 cm³/mol. The van der Waals surface area contributed by atoms with Crippen molar-refractivity contribution in [2.75, 3.05) is 23.8 Å². The monoisotopic (exact) mass is 187 g/mol.